The second-order valence-corrected chi connectivity index (χ2v) is 6.27. The molecule has 2 heterocycles. The number of hydrogen-bond donors (Lipinski definition) is 2. The zero-order valence-electron chi connectivity index (χ0n) is 11.3. The highest BCUT2D eigenvalue weighted by Gasteiger charge is 2.19. The van der Waals surface area contributed by atoms with Crippen LogP contribution in [0.5, 0.6) is 0 Å². The van der Waals surface area contributed by atoms with E-state index in [2.05, 4.69) is 14.9 Å². The Kier molecular flexibility index (Phi) is 4.05. The minimum Gasteiger partial charge on any atom is -0.346 e. The summed E-state index contributed by atoms with van der Waals surface area (Å²) in [4.78, 5) is 0.164. The van der Waals surface area contributed by atoms with Crippen molar-refractivity contribution in [3.8, 4) is 0 Å². The maximum atomic E-state index is 12.3. The van der Waals surface area contributed by atoms with Gasteiger partial charge < -0.3 is 10.3 Å². The van der Waals surface area contributed by atoms with Crippen molar-refractivity contribution < 1.29 is 8.42 Å². The molecule has 2 aromatic rings. The molecular formula is C12H17N5O2S. The van der Waals surface area contributed by atoms with E-state index in [9.17, 15) is 8.42 Å². The van der Waals surface area contributed by atoms with Gasteiger partial charge in [-0.3, -0.25) is 4.72 Å². The van der Waals surface area contributed by atoms with Crippen LogP contribution in [0, 0.1) is 0 Å². The van der Waals surface area contributed by atoms with Crippen molar-refractivity contribution in [3.63, 3.8) is 0 Å². The van der Waals surface area contributed by atoms with Crippen molar-refractivity contribution in [3.05, 3.63) is 36.3 Å². The van der Waals surface area contributed by atoms with Crippen molar-refractivity contribution >= 4 is 15.8 Å². The predicted octanol–water partition coefficient (Wildman–Crippen LogP) is 1.12. The van der Waals surface area contributed by atoms with Gasteiger partial charge in [0.25, 0.3) is 10.0 Å². The highest BCUT2D eigenvalue weighted by atomic mass is 32.2. The van der Waals surface area contributed by atoms with E-state index in [1.54, 1.807) is 18.3 Å². The Morgan fingerprint density at radius 2 is 2.20 bits per heavy atom. The van der Waals surface area contributed by atoms with Gasteiger partial charge in [0, 0.05) is 30.7 Å². The van der Waals surface area contributed by atoms with Crippen LogP contribution in [0.1, 0.15) is 25.6 Å². The van der Waals surface area contributed by atoms with Gasteiger partial charge in [0.2, 0.25) is 0 Å². The standard InChI is InChI=1S/C12H17N5O2S/c1-9(2)17-8-11(6-10(17)7-13)20(18,19)16-12-4-3-5-14-15-12/h3-6,8-9H,7,13H2,1-2H3,(H,15,16). The van der Waals surface area contributed by atoms with Crippen molar-refractivity contribution in [1.82, 2.24) is 14.8 Å². The van der Waals surface area contributed by atoms with E-state index in [0.717, 1.165) is 5.69 Å². The maximum absolute atomic E-state index is 12.3. The third-order valence-corrected chi connectivity index (χ3v) is 4.12. The quantitative estimate of drug-likeness (QED) is 0.860. The fourth-order valence-electron chi connectivity index (χ4n) is 1.84. The summed E-state index contributed by atoms with van der Waals surface area (Å²) in [6.45, 7) is 4.20. The number of hydrogen-bond acceptors (Lipinski definition) is 5. The first kappa shape index (κ1) is 14.5. The summed E-state index contributed by atoms with van der Waals surface area (Å²) < 4.78 is 28.8. The van der Waals surface area contributed by atoms with Crippen LogP contribution in [0.3, 0.4) is 0 Å². The largest absolute Gasteiger partial charge is 0.346 e. The number of nitrogens with zero attached hydrogens (tertiary/aromatic N) is 3. The zero-order valence-corrected chi connectivity index (χ0v) is 12.1. The molecule has 20 heavy (non-hydrogen) atoms. The van der Waals surface area contributed by atoms with Gasteiger partial charge in [-0.25, -0.2) is 8.42 Å². The van der Waals surface area contributed by atoms with Gasteiger partial charge in [0.15, 0.2) is 5.82 Å². The summed E-state index contributed by atoms with van der Waals surface area (Å²) in [7, 11) is -3.69. The van der Waals surface area contributed by atoms with Crippen LogP contribution in [-0.4, -0.2) is 23.2 Å². The molecule has 0 aliphatic heterocycles. The molecule has 3 N–H and O–H groups in total. The molecule has 108 valence electrons. The van der Waals surface area contributed by atoms with E-state index in [0.29, 0.717) is 0 Å². The Bertz CT molecular complexity index is 679. The smallest absolute Gasteiger partial charge is 0.264 e. The summed E-state index contributed by atoms with van der Waals surface area (Å²) in [6, 6.07) is 4.84. The number of nitrogens with two attached hydrogens (primary N) is 1. The van der Waals surface area contributed by atoms with Gasteiger partial charge in [0.1, 0.15) is 4.90 Å². The Morgan fingerprint density at radius 3 is 2.70 bits per heavy atom. The van der Waals surface area contributed by atoms with Crippen molar-refractivity contribution in [2.24, 2.45) is 5.73 Å². The van der Waals surface area contributed by atoms with Gasteiger partial charge in [-0.05, 0) is 32.0 Å². The summed E-state index contributed by atoms with van der Waals surface area (Å²) >= 11 is 0. The molecule has 7 nitrogen and oxygen atoms in total. The Morgan fingerprint density at radius 1 is 1.45 bits per heavy atom. The number of nitrogens with one attached hydrogen (secondary N) is 1. The van der Waals surface area contributed by atoms with Gasteiger partial charge in [-0.1, -0.05) is 0 Å². The molecule has 0 radical (unpaired) electrons. The average molecular weight is 295 g/mol. The number of sulfonamides is 1. The fourth-order valence-corrected chi connectivity index (χ4v) is 2.89. The Labute approximate surface area is 117 Å². The molecule has 0 aliphatic carbocycles. The molecule has 0 amide bonds. The van der Waals surface area contributed by atoms with Crippen molar-refractivity contribution in [2.75, 3.05) is 4.72 Å². The summed E-state index contributed by atoms with van der Waals surface area (Å²) in [5, 5.41) is 7.33. The van der Waals surface area contributed by atoms with Crippen molar-refractivity contribution in [2.45, 2.75) is 31.3 Å². The molecule has 0 fully saturated rings. The average Bonchev–Trinajstić information content (AvgIpc) is 2.84. The van der Waals surface area contributed by atoms with E-state index < -0.39 is 10.0 Å². The van der Waals surface area contributed by atoms with E-state index >= 15 is 0 Å². The van der Waals surface area contributed by atoms with Crippen LogP contribution in [0.25, 0.3) is 0 Å². The first-order valence-electron chi connectivity index (χ1n) is 6.15. The highest BCUT2D eigenvalue weighted by Crippen LogP contribution is 2.20. The number of rotatable bonds is 5. The van der Waals surface area contributed by atoms with E-state index in [-0.39, 0.29) is 23.3 Å². The molecule has 0 saturated heterocycles. The summed E-state index contributed by atoms with van der Waals surface area (Å²) in [5.41, 5.74) is 6.40. The second-order valence-electron chi connectivity index (χ2n) is 4.59. The van der Waals surface area contributed by atoms with E-state index in [4.69, 9.17) is 5.73 Å². The van der Waals surface area contributed by atoms with Crippen LogP contribution in [0.4, 0.5) is 5.82 Å². The molecule has 0 unspecified atom stereocenters. The van der Waals surface area contributed by atoms with E-state index in [1.165, 1.54) is 12.3 Å². The van der Waals surface area contributed by atoms with Crippen LogP contribution in [0.2, 0.25) is 0 Å². The minimum absolute atomic E-state index is 0.133. The molecule has 8 heteroatoms. The Hall–Kier alpha value is -1.93. The first-order chi connectivity index (χ1) is 9.44. The highest BCUT2D eigenvalue weighted by molar-refractivity contribution is 7.92. The number of anilines is 1. The lowest BCUT2D eigenvalue weighted by Crippen LogP contribution is -2.13. The lowest BCUT2D eigenvalue weighted by atomic mass is 10.3. The molecule has 2 aromatic heterocycles. The third kappa shape index (κ3) is 2.97. The Balaban J connectivity index is 2.35. The monoisotopic (exact) mass is 295 g/mol. The van der Waals surface area contributed by atoms with Gasteiger partial charge >= 0.3 is 0 Å². The lowest BCUT2D eigenvalue weighted by Gasteiger charge is -2.10. The normalized spacial score (nSPS) is 11.8. The van der Waals surface area contributed by atoms with Gasteiger partial charge in [-0.2, -0.15) is 5.10 Å². The molecule has 2 rings (SSSR count). The molecule has 0 aliphatic rings. The van der Waals surface area contributed by atoms with Crippen LogP contribution in [0.15, 0.2) is 35.5 Å². The molecule has 0 atom stereocenters. The SMILES string of the molecule is CC(C)n1cc(S(=O)(=O)Nc2cccnn2)cc1CN. The lowest BCUT2D eigenvalue weighted by molar-refractivity contribution is 0.573. The topological polar surface area (TPSA) is 103 Å². The van der Waals surface area contributed by atoms with Crippen LogP contribution >= 0.6 is 0 Å². The molecular weight excluding hydrogens is 278 g/mol. The van der Waals surface area contributed by atoms with Gasteiger partial charge in [-0.15, -0.1) is 5.10 Å². The predicted molar refractivity (Wildman–Crippen MR) is 75.5 cm³/mol. The van der Waals surface area contributed by atoms with E-state index in [1.807, 2.05) is 18.4 Å². The molecule has 0 saturated carbocycles. The maximum Gasteiger partial charge on any atom is 0.264 e. The molecule has 0 bridgehead atoms. The second kappa shape index (κ2) is 5.59. The summed E-state index contributed by atoms with van der Waals surface area (Å²) in [6.07, 6.45) is 3.05. The van der Waals surface area contributed by atoms with Crippen LogP contribution in [-0.2, 0) is 16.6 Å². The first-order valence-corrected chi connectivity index (χ1v) is 7.63. The van der Waals surface area contributed by atoms with Crippen molar-refractivity contribution in [1.29, 1.82) is 0 Å². The van der Waals surface area contributed by atoms with Crippen LogP contribution < -0.4 is 10.5 Å². The zero-order chi connectivity index (χ0) is 14.8. The van der Waals surface area contributed by atoms with Gasteiger partial charge in [0.05, 0.1) is 0 Å². The number of aromatic nitrogens is 3. The molecule has 0 spiro atoms. The fraction of sp³-hybridized carbons (Fsp3) is 0.333. The molecule has 0 aromatic carbocycles. The summed E-state index contributed by atoms with van der Waals surface area (Å²) in [5.74, 6) is 0.180. The minimum atomic E-state index is -3.69. The third-order valence-electron chi connectivity index (χ3n) is 2.79.